The highest BCUT2D eigenvalue weighted by atomic mass is 19.4. The second-order valence-corrected chi connectivity index (χ2v) is 2.88. The van der Waals surface area contributed by atoms with Crippen LogP contribution in [0.5, 0.6) is 0 Å². The first-order valence-corrected chi connectivity index (χ1v) is 3.60. The van der Waals surface area contributed by atoms with Gasteiger partial charge in [0.05, 0.1) is 5.57 Å². The lowest BCUT2D eigenvalue weighted by molar-refractivity contribution is -0.0973. The minimum Gasteiger partial charge on any atom is -0.242 e. The summed E-state index contributed by atoms with van der Waals surface area (Å²) in [7, 11) is 0. The topological polar surface area (TPSA) is 0 Å². The van der Waals surface area contributed by atoms with Crippen molar-refractivity contribution < 1.29 is 22.0 Å². The van der Waals surface area contributed by atoms with Crippen LogP contribution in [0.25, 0.3) is 0 Å². The summed E-state index contributed by atoms with van der Waals surface area (Å²) in [6, 6.07) is 0. The molecule has 1 aliphatic carbocycles. The van der Waals surface area contributed by atoms with Crippen LogP contribution < -0.4 is 0 Å². The van der Waals surface area contributed by atoms with Crippen LogP contribution in [0, 0.1) is 0 Å². The Balaban J connectivity index is 3.05. The summed E-state index contributed by atoms with van der Waals surface area (Å²) in [5.41, 5.74) is -1.42. The molecule has 1 aliphatic rings. The van der Waals surface area contributed by atoms with Crippen molar-refractivity contribution in [1.29, 1.82) is 0 Å². The van der Waals surface area contributed by atoms with Crippen molar-refractivity contribution in [3.05, 3.63) is 23.0 Å². The number of hydrogen-bond acceptors (Lipinski definition) is 0. The van der Waals surface area contributed by atoms with Crippen molar-refractivity contribution in [3.8, 4) is 0 Å². The van der Waals surface area contributed by atoms with E-state index in [1.54, 1.807) is 0 Å². The van der Waals surface area contributed by atoms with Crippen LogP contribution >= 0.6 is 0 Å². The van der Waals surface area contributed by atoms with Gasteiger partial charge < -0.3 is 0 Å². The first-order chi connectivity index (χ1) is 5.82. The van der Waals surface area contributed by atoms with E-state index >= 15 is 0 Å². The van der Waals surface area contributed by atoms with Crippen molar-refractivity contribution in [2.45, 2.75) is 25.7 Å². The summed E-state index contributed by atoms with van der Waals surface area (Å²) in [5, 5.41) is 0. The molecule has 0 aromatic heterocycles. The zero-order chi connectivity index (χ0) is 10.2. The third kappa shape index (κ3) is 2.08. The van der Waals surface area contributed by atoms with E-state index in [1.165, 1.54) is 6.92 Å². The molecule has 0 saturated heterocycles. The maximum Gasteiger partial charge on any atom is 0.415 e. The summed E-state index contributed by atoms with van der Waals surface area (Å²) >= 11 is 0. The molecule has 0 aromatic carbocycles. The van der Waals surface area contributed by atoms with E-state index in [2.05, 4.69) is 0 Å². The average Bonchev–Trinajstić information content (AvgIpc) is 1.94. The van der Waals surface area contributed by atoms with E-state index in [1.807, 2.05) is 0 Å². The van der Waals surface area contributed by atoms with Gasteiger partial charge in [0.15, 0.2) is 0 Å². The average molecular weight is 198 g/mol. The lowest BCUT2D eigenvalue weighted by Gasteiger charge is -2.19. The molecule has 1 rings (SSSR count). The molecule has 0 spiro atoms. The minimum absolute atomic E-state index is 0.00880. The molecule has 0 aromatic rings. The lowest BCUT2D eigenvalue weighted by Crippen LogP contribution is -2.20. The monoisotopic (exact) mass is 198 g/mol. The molecule has 0 radical (unpaired) electrons. The lowest BCUT2D eigenvalue weighted by atomic mass is 9.96. The van der Waals surface area contributed by atoms with Crippen LogP contribution in [0.4, 0.5) is 22.0 Å². The molecule has 0 N–H and O–H groups in total. The Kier molecular flexibility index (Phi) is 2.45. The molecule has 5 heteroatoms. The fraction of sp³-hybridized carbons (Fsp3) is 0.500. The van der Waals surface area contributed by atoms with Gasteiger partial charge in [0, 0.05) is 6.42 Å². The fourth-order valence-electron chi connectivity index (χ4n) is 1.07. The van der Waals surface area contributed by atoms with Crippen LogP contribution in [0.1, 0.15) is 13.3 Å². The summed E-state index contributed by atoms with van der Waals surface area (Å²) in [6.45, 7) is 1.26. The van der Waals surface area contributed by atoms with Crippen molar-refractivity contribution in [3.63, 3.8) is 0 Å². The Morgan fingerprint density at radius 1 is 1.38 bits per heavy atom. The van der Waals surface area contributed by atoms with Gasteiger partial charge in [-0.05, 0) is 18.6 Å². The Labute approximate surface area is 71.7 Å². The zero-order valence-corrected chi connectivity index (χ0v) is 6.75. The van der Waals surface area contributed by atoms with Crippen LogP contribution in [0.2, 0.25) is 0 Å². The molecular formula is C8H7F5. The second-order valence-electron chi connectivity index (χ2n) is 2.88. The molecule has 13 heavy (non-hydrogen) atoms. The molecule has 74 valence electrons. The van der Waals surface area contributed by atoms with Crippen molar-refractivity contribution in [1.82, 2.24) is 0 Å². The number of allylic oxidation sites excluding steroid dienone is 4. The molecule has 0 aliphatic heterocycles. The molecule has 0 saturated carbocycles. The van der Waals surface area contributed by atoms with E-state index in [0.717, 1.165) is 0 Å². The van der Waals surface area contributed by atoms with E-state index in [9.17, 15) is 22.0 Å². The molecule has 0 amide bonds. The maximum atomic E-state index is 12.8. The molecule has 0 bridgehead atoms. The number of rotatable bonds is 0. The van der Waals surface area contributed by atoms with E-state index < -0.39 is 30.2 Å². The van der Waals surface area contributed by atoms with Gasteiger partial charge in [-0.2, -0.15) is 13.2 Å². The van der Waals surface area contributed by atoms with Crippen LogP contribution in [0.15, 0.2) is 23.0 Å². The van der Waals surface area contributed by atoms with Gasteiger partial charge >= 0.3 is 6.18 Å². The van der Waals surface area contributed by atoms with E-state index in [4.69, 9.17) is 0 Å². The SMILES string of the molecule is CC1=CC(F)=C(C(F)(F)F)CC1F. The van der Waals surface area contributed by atoms with Crippen molar-refractivity contribution >= 4 is 0 Å². The largest absolute Gasteiger partial charge is 0.415 e. The third-order valence-electron chi connectivity index (χ3n) is 1.86. The van der Waals surface area contributed by atoms with Gasteiger partial charge in [-0.3, -0.25) is 0 Å². The van der Waals surface area contributed by atoms with Gasteiger partial charge in [0.25, 0.3) is 0 Å². The van der Waals surface area contributed by atoms with Crippen LogP contribution in [-0.4, -0.2) is 12.3 Å². The van der Waals surface area contributed by atoms with Crippen molar-refractivity contribution in [2.24, 2.45) is 0 Å². The highest BCUT2D eigenvalue weighted by Crippen LogP contribution is 2.37. The molecule has 0 heterocycles. The predicted octanol–water partition coefficient (Wildman–Crippen LogP) is 3.46. The Bertz CT molecular complexity index is 271. The van der Waals surface area contributed by atoms with E-state index in [0.29, 0.717) is 6.08 Å². The van der Waals surface area contributed by atoms with Crippen LogP contribution in [0.3, 0.4) is 0 Å². The summed E-state index contributed by atoms with van der Waals surface area (Å²) in [5.74, 6) is -1.38. The first kappa shape index (κ1) is 10.2. The quantitative estimate of drug-likeness (QED) is 0.523. The summed E-state index contributed by atoms with van der Waals surface area (Å²) in [4.78, 5) is 0. The normalized spacial score (nSPS) is 24.8. The Hall–Kier alpha value is -0.870. The molecule has 0 nitrogen and oxygen atoms in total. The standard InChI is InChI=1S/C8H7F5/c1-4-2-7(10)5(3-6(4)9)8(11,12)13/h2,6H,3H2,1H3. The summed E-state index contributed by atoms with van der Waals surface area (Å²) in [6.07, 6.45) is -6.82. The third-order valence-corrected chi connectivity index (χ3v) is 1.86. The Morgan fingerprint density at radius 3 is 2.38 bits per heavy atom. The van der Waals surface area contributed by atoms with Gasteiger partial charge in [0.1, 0.15) is 12.0 Å². The van der Waals surface area contributed by atoms with Crippen molar-refractivity contribution in [2.75, 3.05) is 0 Å². The zero-order valence-electron chi connectivity index (χ0n) is 6.75. The Morgan fingerprint density at radius 2 is 1.92 bits per heavy atom. The molecule has 1 atom stereocenters. The second kappa shape index (κ2) is 3.12. The molecular weight excluding hydrogens is 191 g/mol. The van der Waals surface area contributed by atoms with E-state index in [-0.39, 0.29) is 5.57 Å². The highest BCUT2D eigenvalue weighted by Gasteiger charge is 2.39. The molecule has 1 unspecified atom stereocenters. The van der Waals surface area contributed by atoms with Gasteiger partial charge in [-0.25, -0.2) is 8.78 Å². The van der Waals surface area contributed by atoms with Gasteiger partial charge in [0.2, 0.25) is 0 Å². The number of hydrogen-bond donors (Lipinski definition) is 0. The van der Waals surface area contributed by atoms with Gasteiger partial charge in [-0.1, -0.05) is 0 Å². The van der Waals surface area contributed by atoms with Crippen LogP contribution in [-0.2, 0) is 0 Å². The number of halogens is 5. The fourth-order valence-corrected chi connectivity index (χ4v) is 1.07. The maximum absolute atomic E-state index is 12.8. The number of alkyl halides is 4. The predicted molar refractivity (Wildman–Crippen MR) is 37.5 cm³/mol. The smallest absolute Gasteiger partial charge is 0.242 e. The summed E-state index contributed by atoms with van der Waals surface area (Å²) < 4.78 is 61.4. The van der Waals surface area contributed by atoms with Gasteiger partial charge in [-0.15, -0.1) is 0 Å². The molecule has 0 fully saturated rings. The first-order valence-electron chi connectivity index (χ1n) is 3.60. The highest BCUT2D eigenvalue weighted by molar-refractivity contribution is 5.33. The minimum atomic E-state index is -4.77.